The van der Waals surface area contributed by atoms with Crippen LogP contribution in [0.2, 0.25) is 0 Å². The Morgan fingerprint density at radius 3 is 2.59 bits per heavy atom. The highest BCUT2D eigenvalue weighted by atomic mass is 16.2. The predicted octanol–water partition coefficient (Wildman–Crippen LogP) is 1.50. The number of benzene rings is 1. The maximum Gasteiger partial charge on any atom is 0.328 e. The molecule has 1 N–H and O–H groups in total. The van der Waals surface area contributed by atoms with E-state index < -0.39 is 0 Å². The predicted molar refractivity (Wildman–Crippen MR) is 104 cm³/mol. The van der Waals surface area contributed by atoms with Gasteiger partial charge in [0.2, 0.25) is 0 Å². The topological polar surface area (TPSA) is 59.1 Å². The van der Waals surface area contributed by atoms with Crippen molar-refractivity contribution in [2.45, 2.75) is 32.3 Å². The van der Waals surface area contributed by atoms with Crippen molar-refractivity contribution in [1.82, 2.24) is 20.0 Å². The van der Waals surface area contributed by atoms with Crippen LogP contribution in [0.25, 0.3) is 0 Å². The van der Waals surface area contributed by atoms with E-state index in [0.717, 1.165) is 24.4 Å². The number of anilines is 1. The van der Waals surface area contributed by atoms with Crippen LogP contribution in [0.5, 0.6) is 0 Å². The summed E-state index contributed by atoms with van der Waals surface area (Å²) in [5.41, 5.74) is 1.91. The molecule has 1 aromatic carbocycles. The Kier molecular flexibility index (Phi) is 4.44. The maximum atomic E-state index is 13.2. The van der Waals surface area contributed by atoms with Gasteiger partial charge in [-0.1, -0.05) is 37.3 Å². The molecule has 3 amide bonds. The van der Waals surface area contributed by atoms with Gasteiger partial charge >= 0.3 is 6.03 Å². The molecule has 3 heterocycles. The van der Waals surface area contributed by atoms with Gasteiger partial charge in [0.05, 0.1) is 6.54 Å². The number of amides is 3. The Morgan fingerprint density at radius 2 is 1.93 bits per heavy atom. The third kappa shape index (κ3) is 2.91. The lowest BCUT2D eigenvalue weighted by molar-refractivity contribution is -0.138. The molecule has 0 spiro atoms. The van der Waals surface area contributed by atoms with Crippen molar-refractivity contribution in [3.05, 3.63) is 42.5 Å². The number of rotatable bonds is 3. The number of fused-ring (bicyclic) bond motifs is 3. The smallest absolute Gasteiger partial charge is 0.328 e. The molecule has 4 rings (SSSR count). The van der Waals surface area contributed by atoms with Crippen LogP contribution in [0, 0.1) is 5.92 Å². The van der Waals surface area contributed by atoms with Crippen molar-refractivity contribution in [2.24, 2.45) is 5.92 Å². The Bertz CT molecular complexity index is 767. The third-order valence-corrected chi connectivity index (χ3v) is 5.60. The first kappa shape index (κ1) is 18.0. The first-order valence-corrected chi connectivity index (χ1v) is 9.44. The van der Waals surface area contributed by atoms with Gasteiger partial charge < -0.3 is 9.80 Å². The van der Waals surface area contributed by atoms with Crippen molar-refractivity contribution < 1.29 is 9.59 Å². The molecule has 3 aliphatic rings. The SMILES string of the molecule is C=C(C)CN1C(=O)C2C(NC3N(c4ccccc4)CC(C)CN23)N(C)C1=O. The Balaban J connectivity index is 1.68. The fourth-order valence-corrected chi connectivity index (χ4v) is 4.45. The lowest BCUT2D eigenvalue weighted by atomic mass is 10.0. The van der Waals surface area contributed by atoms with Crippen LogP contribution in [0.15, 0.2) is 42.5 Å². The highest BCUT2D eigenvalue weighted by molar-refractivity contribution is 6.00. The van der Waals surface area contributed by atoms with Crippen LogP contribution in [-0.2, 0) is 4.79 Å². The van der Waals surface area contributed by atoms with Gasteiger partial charge in [0.15, 0.2) is 0 Å². The first-order chi connectivity index (χ1) is 12.9. The number of nitrogens with one attached hydrogen (secondary N) is 1. The zero-order chi connectivity index (χ0) is 19.3. The van der Waals surface area contributed by atoms with E-state index in [1.165, 1.54) is 4.90 Å². The Hall–Kier alpha value is -2.38. The fraction of sp³-hybridized carbons (Fsp3) is 0.500. The molecular weight excluding hydrogens is 342 g/mol. The average Bonchev–Trinajstić information content (AvgIpc) is 3.03. The summed E-state index contributed by atoms with van der Waals surface area (Å²) in [5.74, 6) is 0.274. The van der Waals surface area contributed by atoms with Gasteiger partial charge in [0.1, 0.15) is 18.5 Å². The molecule has 4 unspecified atom stereocenters. The molecule has 1 aromatic rings. The zero-order valence-electron chi connectivity index (χ0n) is 16.1. The summed E-state index contributed by atoms with van der Waals surface area (Å²) >= 11 is 0. The van der Waals surface area contributed by atoms with Gasteiger partial charge in [-0.2, -0.15) is 0 Å². The summed E-state index contributed by atoms with van der Waals surface area (Å²) in [5, 5.41) is 3.54. The highest BCUT2D eigenvalue weighted by Gasteiger charge is 2.56. The summed E-state index contributed by atoms with van der Waals surface area (Å²) < 4.78 is 0. The number of imide groups is 1. The standard InChI is InChI=1S/C20H27N5O2/c1-13(2)10-25-18(26)16-17(22(4)20(25)27)21-19-23(11-14(3)12-24(16)19)15-8-6-5-7-9-15/h5-9,14,16-17,19,21H,1,10-12H2,2-4H3. The first-order valence-electron chi connectivity index (χ1n) is 9.44. The molecule has 0 aliphatic carbocycles. The molecule has 3 fully saturated rings. The quantitative estimate of drug-likeness (QED) is 0.819. The number of urea groups is 1. The van der Waals surface area contributed by atoms with Crippen LogP contribution in [0.1, 0.15) is 13.8 Å². The van der Waals surface area contributed by atoms with E-state index in [9.17, 15) is 9.59 Å². The van der Waals surface area contributed by atoms with Crippen molar-refractivity contribution in [3.8, 4) is 0 Å². The molecule has 0 saturated carbocycles. The average molecular weight is 369 g/mol. The van der Waals surface area contributed by atoms with Crippen LogP contribution in [0.4, 0.5) is 10.5 Å². The molecule has 7 nitrogen and oxygen atoms in total. The molecule has 27 heavy (non-hydrogen) atoms. The van der Waals surface area contributed by atoms with Gasteiger partial charge in [0.25, 0.3) is 5.91 Å². The molecule has 3 aliphatic heterocycles. The van der Waals surface area contributed by atoms with Crippen molar-refractivity contribution >= 4 is 17.6 Å². The van der Waals surface area contributed by atoms with Gasteiger partial charge in [-0.05, 0) is 25.0 Å². The molecule has 0 radical (unpaired) electrons. The van der Waals surface area contributed by atoms with E-state index in [2.05, 4.69) is 40.8 Å². The second-order valence-electron chi connectivity index (χ2n) is 7.99. The lowest BCUT2D eigenvalue weighted by Crippen LogP contribution is -2.66. The van der Waals surface area contributed by atoms with Crippen LogP contribution < -0.4 is 10.2 Å². The molecule has 7 heteroatoms. The molecule has 0 bridgehead atoms. The highest BCUT2D eigenvalue weighted by Crippen LogP contribution is 2.34. The summed E-state index contributed by atoms with van der Waals surface area (Å²) in [6.45, 7) is 9.89. The van der Waals surface area contributed by atoms with Gasteiger partial charge in [-0.3, -0.25) is 19.9 Å². The number of hydrogen-bond donors (Lipinski definition) is 1. The van der Waals surface area contributed by atoms with Gasteiger partial charge in [-0.15, -0.1) is 0 Å². The molecular formula is C20H27N5O2. The number of hydrogen-bond acceptors (Lipinski definition) is 5. The van der Waals surface area contributed by atoms with Crippen molar-refractivity contribution in [3.63, 3.8) is 0 Å². The number of nitrogens with zero attached hydrogens (tertiary/aromatic N) is 4. The molecule has 3 saturated heterocycles. The monoisotopic (exact) mass is 369 g/mol. The zero-order valence-corrected chi connectivity index (χ0v) is 16.1. The number of likely N-dealkylation sites (N-methyl/N-ethyl adjacent to an activating group) is 1. The summed E-state index contributed by atoms with van der Waals surface area (Å²) in [7, 11) is 1.76. The van der Waals surface area contributed by atoms with Crippen molar-refractivity contribution in [2.75, 3.05) is 31.6 Å². The summed E-state index contributed by atoms with van der Waals surface area (Å²) in [4.78, 5) is 33.5. The van der Waals surface area contributed by atoms with Gasteiger partial charge in [-0.25, -0.2) is 4.79 Å². The minimum Gasteiger partial charge on any atom is -0.343 e. The van der Waals surface area contributed by atoms with E-state index in [-0.39, 0.29) is 37.0 Å². The normalized spacial score (nSPS) is 31.1. The molecule has 0 aromatic heterocycles. The number of carbonyl (C=O) groups is 2. The van der Waals surface area contributed by atoms with Crippen LogP contribution >= 0.6 is 0 Å². The largest absolute Gasteiger partial charge is 0.343 e. The minimum absolute atomic E-state index is 0.109. The van der Waals surface area contributed by atoms with E-state index in [1.807, 2.05) is 25.1 Å². The number of carbonyl (C=O) groups excluding carboxylic acids is 2. The Labute approximate surface area is 160 Å². The van der Waals surface area contributed by atoms with Crippen LogP contribution in [-0.4, -0.2) is 71.8 Å². The van der Waals surface area contributed by atoms with Gasteiger partial charge in [0, 0.05) is 25.8 Å². The maximum absolute atomic E-state index is 13.2. The van der Waals surface area contributed by atoms with Crippen molar-refractivity contribution in [1.29, 1.82) is 0 Å². The molecule has 144 valence electrons. The lowest BCUT2D eigenvalue weighted by Gasteiger charge is -2.46. The fourth-order valence-electron chi connectivity index (χ4n) is 4.45. The third-order valence-electron chi connectivity index (χ3n) is 5.60. The number of para-hydroxylation sites is 1. The molecule has 4 atom stereocenters. The van der Waals surface area contributed by atoms with E-state index in [1.54, 1.807) is 11.9 Å². The minimum atomic E-state index is -0.383. The van der Waals surface area contributed by atoms with E-state index >= 15 is 0 Å². The second-order valence-corrected chi connectivity index (χ2v) is 7.99. The Morgan fingerprint density at radius 1 is 1.22 bits per heavy atom. The summed E-state index contributed by atoms with van der Waals surface area (Å²) in [6.07, 6.45) is -0.435. The van der Waals surface area contributed by atoms with E-state index in [0.29, 0.717) is 5.92 Å². The van der Waals surface area contributed by atoms with E-state index in [4.69, 9.17) is 0 Å². The summed E-state index contributed by atoms with van der Waals surface area (Å²) in [6, 6.07) is 9.57. The second kappa shape index (κ2) is 6.65. The van der Waals surface area contributed by atoms with Crippen LogP contribution in [0.3, 0.4) is 0 Å².